The summed E-state index contributed by atoms with van der Waals surface area (Å²) in [5, 5.41) is 20.6. The maximum Gasteiger partial charge on any atom is 0.256 e. The van der Waals surface area contributed by atoms with Crippen molar-refractivity contribution in [3.05, 3.63) is 72.5 Å². The van der Waals surface area contributed by atoms with E-state index in [1.54, 1.807) is 42.5 Å². The average Bonchev–Trinajstić information content (AvgIpc) is 2.70. The van der Waals surface area contributed by atoms with Crippen LogP contribution >= 0.6 is 0 Å². The quantitative estimate of drug-likeness (QED) is 0.622. The van der Waals surface area contributed by atoms with Crippen LogP contribution in [0.1, 0.15) is 0 Å². The van der Waals surface area contributed by atoms with Gasteiger partial charge in [-0.15, -0.1) is 0 Å². The van der Waals surface area contributed by atoms with Crippen LogP contribution in [0.3, 0.4) is 0 Å². The Morgan fingerprint density at radius 2 is 1.67 bits per heavy atom. The predicted molar refractivity (Wildman–Crippen MR) is 97.9 cm³/mol. The topological polar surface area (TPSA) is 91.7 Å². The number of ether oxygens (including phenoxy) is 1. The maximum absolute atomic E-state index is 12.9. The molecule has 7 heteroatoms. The molecule has 3 aromatic rings. The Bertz CT molecular complexity index is 914. The van der Waals surface area contributed by atoms with E-state index < -0.39 is 18.6 Å². The number of halogens is 1. The monoisotopic (exact) mass is 368 g/mol. The fourth-order valence-electron chi connectivity index (χ4n) is 2.29. The Morgan fingerprint density at radius 3 is 2.30 bits per heavy atom. The Balaban J connectivity index is 1.72. The second-order valence-electron chi connectivity index (χ2n) is 5.68. The van der Waals surface area contributed by atoms with E-state index in [4.69, 9.17) is 9.84 Å². The predicted octanol–water partition coefficient (Wildman–Crippen LogP) is 2.97. The normalized spacial score (nSPS) is 11.7. The first-order chi connectivity index (χ1) is 13.0. The molecule has 1 heterocycles. The lowest BCUT2D eigenvalue weighted by molar-refractivity contribution is -0.125. The minimum atomic E-state index is -1.50. The van der Waals surface area contributed by atoms with Gasteiger partial charge in [0.25, 0.3) is 5.91 Å². The zero-order valence-corrected chi connectivity index (χ0v) is 14.2. The minimum absolute atomic E-state index is 0.261. The molecule has 1 aromatic heterocycles. The molecular weight excluding hydrogens is 351 g/mol. The fraction of sp³-hybridized carbons (Fsp3) is 0.100. The molecule has 0 fully saturated rings. The van der Waals surface area contributed by atoms with Crippen LogP contribution in [0.15, 0.2) is 66.7 Å². The highest BCUT2D eigenvalue weighted by atomic mass is 19.1. The van der Waals surface area contributed by atoms with E-state index in [1.807, 2.05) is 0 Å². The van der Waals surface area contributed by atoms with Crippen molar-refractivity contribution in [3.8, 4) is 22.8 Å². The van der Waals surface area contributed by atoms with E-state index in [0.717, 1.165) is 5.56 Å². The lowest BCUT2D eigenvalue weighted by Gasteiger charge is -2.10. The third-order valence-corrected chi connectivity index (χ3v) is 3.68. The van der Waals surface area contributed by atoms with Gasteiger partial charge in [0.2, 0.25) is 0 Å². The number of anilines is 1. The number of aromatic nitrogens is 1. The number of aliphatic hydroxyl groups excluding tert-OH is 2. The molecule has 138 valence electrons. The molecule has 0 aliphatic heterocycles. The van der Waals surface area contributed by atoms with E-state index in [9.17, 15) is 14.3 Å². The van der Waals surface area contributed by atoms with Crippen molar-refractivity contribution in [2.24, 2.45) is 0 Å². The SMILES string of the molecule is O=C(Nc1cccc(-c2ccc(Oc3ccc(F)cc3)cc2)n1)C(O)CO. The molecule has 1 unspecified atom stereocenters. The number of aliphatic hydroxyl groups is 2. The summed E-state index contributed by atoms with van der Waals surface area (Å²) in [6.07, 6.45) is -1.50. The Hall–Kier alpha value is -3.29. The number of nitrogens with one attached hydrogen (secondary N) is 1. The summed E-state index contributed by atoms with van der Waals surface area (Å²) in [6, 6.07) is 17.9. The molecule has 2 aromatic carbocycles. The van der Waals surface area contributed by atoms with Crippen molar-refractivity contribution in [1.29, 1.82) is 0 Å². The first kappa shape index (κ1) is 18.5. The summed E-state index contributed by atoms with van der Waals surface area (Å²) in [7, 11) is 0. The van der Waals surface area contributed by atoms with E-state index in [-0.39, 0.29) is 11.6 Å². The van der Waals surface area contributed by atoms with Crippen LogP contribution in [-0.4, -0.2) is 33.8 Å². The second kappa shape index (κ2) is 8.39. The number of carbonyl (C=O) groups excluding carboxylic acids is 1. The van der Waals surface area contributed by atoms with Gasteiger partial charge in [-0.3, -0.25) is 4.79 Å². The molecule has 0 bridgehead atoms. The van der Waals surface area contributed by atoms with Crippen molar-refractivity contribution in [2.75, 3.05) is 11.9 Å². The van der Waals surface area contributed by atoms with Gasteiger partial charge < -0.3 is 20.3 Å². The summed E-state index contributed by atoms with van der Waals surface area (Å²) in [5.74, 6) is 0.305. The van der Waals surface area contributed by atoms with Gasteiger partial charge in [0.05, 0.1) is 12.3 Å². The van der Waals surface area contributed by atoms with Crippen LogP contribution in [-0.2, 0) is 4.79 Å². The first-order valence-electron chi connectivity index (χ1n) is 8.16. The van der Waals surface area contributed by atoms with Gasteiger partial charge in [0.15, 0.2) is 6.10 Å². The number of pyridine rings is 1. The maximum atomic E-state index is 12.9. The highest BCUT2D eigenvalue weighted by molar-refractivity contribution is 5.93. The second-order valence-corrected chi connectivity index (χ2v) is 5.68. The van der Waals surface area contributed by atoms with Crippen LogP contribution in [0.5, 0.6) is 11.5 Å². The summed E-state index contributed by atoms with van der Waals surface area (Å²) >= 11 is 0. The zero-order valence-electron chi connectivity index (χ0n) is 14.2. The van der Waals surface area contributed by atoms with Gasteiger partial charge in [-0.1, -0.05) is 6.07 Å². The van der Waals surface area contributed by atoms with Crippen molar-refractivity contribution < 1.29 is 24.1 Å². The number of benzene rings is 2. The molecule has 6 nitrogen and oxygen atoms in total. The third kappa shape index (κ3) is 4.87. The first-order valence-corrected chi connectivity index (χ1v) is 8.16. The van der Waals surface area contributed by atoms with E-state index in [2.05, 4.69) is 10.3 Å². The lowest BCUT2D eigenvalue weighted by Crippen LogP contribution is -2.30. The molecule has 1 amide bonds. The van der Waals surface area contributed by atoms with Gasteiger partial charge in [-0.2, -0.15) is 0 Å². The number of carbonyl (C=O) groups is 1. The van der Waals surface area contributed by atoms with Crippen molar-refractivity contribution >= 4 is 11.7 Å². The minimum Gasteiger partial charge on any atom is -0.457 e. The average molecular weight is 368 g/mol. The largest absolute Gasteiger partial charge is 0.457 e. The van der Waals surface area contributed by atoms with Crippen LogP contribution in [0.2, 0.25) is 0 Å². The lowest BCUT2D eigenvalue weighted by atomic mass is 10.1. The zero-order chi connectivity index (χ0) is 19.2. The third-order valence-electron chi connectivity index (χ3n) is 3.68. The molecule has 27 heavy (non-hydrogen) atoms. The number of hydrogen-bond acceptors (Lipinski definition) is 5. The summed E-state index contributed by atoms with van der Waals surface area (Å²) in [4.78, 5) is 15.9. The Kier molecular flexibility index (Phi) is 5.75. The molecule has 0 spiro atoms. The van der Waals surface area contributed by atoms with Gasteiger partial charge in [-0.25, -0.2) is 9.37 Å². The van der Waals surface area contributed by atoms with Crippen LogP contribution in [0.4, 0.5) is 10.2 Å². The molecule has 0 saturated carbocycles. The number of rotatable bonds is 6. The Morgan fingerprint density at radius 1 is 1.04 bits per heavy atom. The molecule has 0 saturated heterocycles. The highest BCUT2D eigenvalue weighted by Crippen LogP contribution is 2.25. The summed E-state index contributed by atoms with van der Waals surface area (Å²) in [5.41, 5.74) is 1.40. The summed E-state index contributed by atoms with van der Waals surface area (Å²) < 4.78 is 18.6. The van der Waals surface area contributed by atoms with Gasteiger partial charge >= 0.3 is 0 Å². The fourth-order valence-corrected chi connectivity index (χ4v) is 2.29. The summed E-state index contributed by atoms with van der Waals surface area (Å²) in [6.45, 7) is -0.666. The van der Waals surface area contributed by atoms with Crippen LogP contribution in [0, 0.1) is 5.82 Å². The highest BCUT2D eigenvalue weighted by Gasteiger charge is 2.14. The Labute approximate surface area is 154 Å². The van der Waals surface area contributed by atoms with E-state index >= 15 is 0 Å². The van der Waals surface area contributed by atoms with Crippen LogP contribution < -0.4 is 10.1 Å². The molecule has 3 N–H and O–H groups in total. The van der Waals surface area contributed by atoms with Crippen molar-refractivity contribution in [3.63, 3.8) is 0 Å². The molecular formula is C20H17FN2O4. The van der Waals surface area contributed by atoms with Crippen molar-refractivity contribution in [1.82, 2.24) is 4.98 Å². The molecule has 0 aliphatic carbocycles. The van der Waals surface area contributed by atoms with Gasteiger partial charge in [0.1, 0.15) is 23.1 Å². The molecule has 3 rings (SSSR count). The molecule has 1 atom stereocenters. The molecule has 0 aliphatic rings. The number of nitrogens with zero attached hydrogens (tertiary/aromatic N) is 1. The van der Waals surface area contributed by atoms with Crippen LogP contribution in [0.25, 0.3) is 11.3 Å². The standard InChI is InChI=1S/C20H17FN2O4/c21-14-6-10-16(11-7-14)27-15-8-4-13(5-9-15)17-2-1-3-19(22-17)23-20(26)18(25)12-24/h1-11,18,24-25H,12H2,(H,22,23,26). The van der Waals surface area contributed by atoms with Gasteiger partial charge in [-0.05, 0) is 60.7 Å². The van der Waals surface area contributed by atoms with Gasteiger partial charge in [0, 0.05) is 5.56 Å². The van der Waals surface area contributed by atoms with E-state index in [0.29, 0.717) is 17.2 Å². The van der Waals surface area contributed by atoms with E-state index in [1.165, 1.54) is 24.3 Å². The van der Waals surface area contributed by atoms with Crippen molar-refractivity contribution in [2.45, 2.75) is 6.10 Å². The molecule has 0 radical (unpaired) electrons. The number of hydrogen-bond donors (Lipinski definition) is 3. The smallest absolute Gasteiger partial charge is 0.256 e. The number of amides is 1.